The molecule has 0 saturated heterocycles. The molecule has 12 heavy (non-hydrogen) atoms. The first-order chi connectivity index (χ1) is 5.38. The van der Waals surface area contributed by atoms with E-state index in [1.807, 2.05) is 13.2 Å². The van der Waals surface area contributed by atoms with Crippen molar-refractivity contribution in [2.75, 3.05) is 20.3 Å². The second-order valence-corrected chi connectivity index (χ2v) is 5.00. The Morgan fingerprint density at radius 2 is 2.08 bits per heavy atom. The van der Waals surface area contributed by atoms with E-state index in [0.717, 1.165) is 18.4 Å². The van der Waals surface area contributed by atoms with Crippen molar-refractivity contribution in [3.8, 4) is 0 Å². The molecule has 2 nitrogen and oxygen atoms in total. The second kappa shape index (κ2) is 3.17. The molecule has 1 heterocycles. The molecule has 0 radical (unpaired) electrons. The van der Waals surface area contributed by atoms with Crippen LogP contribution in [0.15, 0.2) is 11.4 Å². The molecular formula is C9H17ClN2. The zero-order valence-corrected chi connectivity index (χ0v) is 9.02. The number of hydrogen-bond donors (Lipinski definition) is 0. The molecule has 0 aromatic rings. The normalized spacial score (nSPS) is 18.6. The summed E-state index contributed by atoms with van der Waals surface area (Å²) in [5, 5.41) is 0.854. The van der Waals surface area contributed by atoms with Gasteiger partial charge < -0.3 is 9.80 Å². The third-order valence-corrected chi connectivity index (χ3v) is 2.02. The molecule has 0 N–H and O–H groups in total. The van der Waals surface area contributed by atoms with Crippen molar-refractivity contribution >= 4 is 11.6 Å². The Labute approximate surface area is 79.8 Å². The summed E-state index contributed by atoms with van der Waals surface area (Å²) in [7, 11) is 2.03. The van der Waals surface area contributed by atoms with Crippen LogP contribution in [0, 0.1) is 5.41 Å². The minimum absolute atomic E-state index is 0.305. The van der Waals surface area contributed by atoms with E-state index in [4.69, 9.17) is 11.6 Å². The highest BCUT2D eigenvalue weighted by Gasteiger charge is 2.22. The monoisotopic (exact) mass is 188 g/mol. The predicted octanol–water partition coefficient (Wildman–Crippen LogP) is 2.28. The summed E-state index contributed by atoms with van der Waals surface area (Å²) in [6.07, 6.45) is 1.97. The van der Waals surface area contributed by atoms with E-state index in [0.29, 0.717) is 5.41 Å². The lowest BCUT2D eigenvalue weighted by Crippen LogP contribution is -2.31. The van der Waals surface area contributed by atoms with Crippen molar-refractivity contribution in [3.63, 3.8) is 0 Å². The molecule has 70 valence electrons. The topological polar surface area (TPSA) is 6.48 Å². The lowest BCUT2D eigenvalue weighted by Gasteiger charge is -2.28. The lowest BCUT2D eigenvalue weighted by molar-refractivity contribution is 0.215. The SMILES string of the molecule is CN1C=C(Cl)N(CC(C)(C)C)C1. The maximum absolute atomic E-state index is 6.02. The van der Waals surface area contributed by atoms with Gasteiger partial charge in [0.1, 0.15) is 5.16 Å². The Hall–Kier alpha value is -0.370. The van der Waals surface area contributed by atoms with Crippen LogP contribution in [0.1, 0.15) is 20.8 Å². The molecule has 0 aliphatic carbocycles. The van der Waals surface area contributed by atoms with Crippen LogP contribution in [0.5, 0.6) is 0 Å². The average Bonchev–Trinajstić information content (AvgIpc) is 2.06. The number of nitrogens with zero attached hydrogens (tertiary/aromatic N) is 2. The third-order valence-electron chi connectivity index (χ3n) is 1.69. The molecule has 1 aliphatic heterocycles. The molecule has 0 fully saturated rings. The van der Waals surface area contributed by atoms with Gasteiger partial charge >= 0.3 is 0 Å². The summed E-state index contributed by atoms with van der Waals surface area (Å²) >= 11 is 6.02. The molecule has 1 aliphatic rings. The molecule has 0 spiro atoms. The minimum atomic E-state index is 0.305. The Bertz CT molecular complexity index is 193. The smallest absolute Gasteiger partial charge is 0.122 e. The van der Waals surface area contributed by atoms with Crippen LogP contribution >= 0.6 is 11.6 Å². The van der Waals surface area contributed by atoms with Gasteiger partial charge in [-0.2, -0.15) is 0 Å². The maximum atomic E-state index is 6.02. The van der Waals surface area contributed by atoms with Crippen molar-refractivity contribution in [2.24, 2.45) is 5.41 Å². The van der Waals surface area contributed by atoms with Gasteiger partial charge in [-0.3, -0.25) is 0 Å². The van der Waals surface area contributed by atoms with Crippen LogP contribution in [0.4, 0.5) is 0 Å². The van der Waals surface area contributed by atoms with Gasteiger partial charge in [-0.15, -0.1) is 0 Å². The fourth-order valence-electron chi connectivity index (χ4n) is 1.34. The van der Waals surface area contributed by atoms with Gasteiger partial charge in [0, 0.05) is 19.8 Å². The van der Waals surface area contributed by atoms with Crippen LogP contribution in [-0.4, -0.2) is 30.1 Å². The van der Waals surface area contributed by atoms with Crippen molar-refractivity contribution in [1.29, 1.82) is 0 Å². The van der Waals surface area contributed by atoms with Crippen LogP contribution in [0.2, 0.25) is 0 Å². The van der Waals surface area contributed by atoms with E-state index in [2.05, 4.69) is 30.6 Å². The molecule has 0 atom stereocenters. The predicted molar refractivity (Wildman–Crippen MR) is 52.7 cm³/mol. The molecule has 1 rings (SSSR count). The molecular weight excluding hydrogens is 172 g/mol. The quantitative estimate of drug-likeness (QED) is 0.583. The van der Waals surface area contributed by atoms with Gasteiger partial charge in [0.25, 0.3) is 0 Å². The van der Waals surface area contributed by atoms with Gasteiger partial charge in [0.05, 0.1) is 6.67 Å². The molecule has 0 amide bonds. The summed E-state index contributed by atoms with van der Waals surface area (Å²) in [6, 6.07) is 0. The molecule has 0 saturated carbocycles. The van der Waals surface area contributed by atoms with E-state index >= 15 is 0 Å². The fourth-order valence-corrected chi connectivity index (χ4v) is 1.62. The van der Waals surface area contributed by atoms with E-state index in [1.165, 1.54) is 0 Å². The van der Waals surface area contributed by atoms with E-state index in [-0.39, 0.29) is 0 Å². The zero-order valence-electron chi connectivity index (χ0n) is 8.26. The highest BCUT2D eigenvalue weighted by molar-refractivity contribution is 6.29. The number of rotatable bonds is 1. The maximum Gasteiger partial charge on any atom is 0.122 e. The number of halogens is 1. The van der Waals surface area contributed by atoms with Gasteiger partial charge in [0.2, 0.25) is 0 Å². The summed E-state index contributed by atoms with van der Waals surface area (Å²) < 4.78 is 0. The van der Waals surface area contributed by atoms with Crippen LogP contribution < -0.4 is 0 Å². The molecule has 0 aromatic heterocycles. The van der Waals surface area contributed by atoms with Crippen LogP contribution in [0.3, 0.4) is 0 Å². The Kier molecular flexibility index (Phi) is 2.57. The molecule has 0 unspecified atom stereocenters. The highest BCUT2D eigenvalue weighted by Crippen LogP contribution is 2.24. The van der Waals surface area contributed by atoms with E-state index < -0.39 is 0 Å². The minimum Gasteiger partial charge on any atom is -0.360 e. The second-order valence-electron chi connectivity index (χ2n) is 4.61. The van der Waals surface area contributed by atoms with Gasteiger partial charge in [0.15, 0.2) is 0 Å². The van der Waals surface area contributed by atoms with E-state index in [1.54, 1.807) is 0 Å². The van der Waals surface area contributed by atoms with Crippen molar-refractivity contribution < 1.29 is 0 Å². The molecule has 0 aromatic carbocycles. The standard InChI is InChI=1S/C9H17ClN2/c1-9(2,3)6-12-7-11(4)5-8(12)10/h5H,6-7H2,1-4H3. The first-order valence-corrected chi connectivity index (χ1v) is 4.59. The summed E-state index contributed by atoms with van der Waals surface area (Å²) in [4.78, 5) is 4.27. The van der Waals surface area contributed by atoms with Crippen LogP contribution in [-0.2, 0) is 0 Å². The first-order valence-electron chi connectivity index (χ1n) is 4.21. The first kappa shape index (κ1) is 9.72. The van der Waals surface area contributed by atoms with Gasteiger partial charge in [-0.25, -0.2) is 0 Å². The summed E-state index contributed by atoms with van der Waals surface area (Å²) in [5.41, 5.74) is 0.305. The van der Waals surface area contributed by atoms with Gasteiger partial charge in [-0.05, 0) is 5.41 Å². The number of hydrogen-bond acceptors (Lipinski definition) is 2. The Morgan fingerprint density at radius 1 is 1.50 bits per heavy atom. The van der Waals surface area contributed by atoms with E-state index in [9.17, 15) is 0 Å². The van der Waals surface area contributed by atoms with Crippen molar-refractivity contribution in [2.45, 2.75) is 20.8 Å². The largest absolute Gasteiger partial charge is 0.360 e. The molecule has 0 bridgehead atoms. The van der Waals surface area contributed by atoms with Gasteiger partial charge in [-0.1, -0.05) is 32.4 Å². The Balaban J connectivity index is 2.52. The molecule has 3 heteroatoms. The van der Waals surface area contributed by atoms with Crippen molar-refractivity contribution in [3.05, 3.63) is 11.4 Å². The highest BCUT2D eigenvalue weighted by atomic mass is 35.5. The van der Waals surface area contributed by atoms with Crippen molar-refractivity contribution in [1.82, 2.24) is 9.80 Å². The lowest BCUT2D eigenvalue weighted by atomic mass is 9.96. The third kappa shape index (κ3) is 2.59. The zero-order chi connectivity index (χ0) is 9.35. The Morgan fingerprint density at radius 3 is 2.42 bits per heavy atom. The van der Waals surface area contributed by atoms with Crippen LogP contribution in [0.25, 0.3) is 0 Å². The fraction of sp³-hybridized carbons (Fsp3) is 0.778. The average molecular weight is 189 g/mol. The summed E-state index contributed by atoms with van der Waals surface area (Å²) in [5.74, 6) is 0. The summed E-state index contributed by atoms with van der Waals surface area (Å²) in [6.45, 7) is 8.57.